The van der Waals surface area contributed by atoms with E-state index in [0.717, 1.165) is 26.2 Å². The molecule has 3 heteroatoms. The number of nitrogens with zero attached hydrogens (tertiary/aromatic N) is 2. The molecule has 1 heterocycles. The van der Waals surface area contributed by atoms with Gasteiger partial charge in [0.1, 0.15) is 0 Å². The van der Waals surface area contributed by atoms with Gasteiger partial charge in [0.25, 0.3) is 0 Å². The highest BCUT2D eigenvalue weighted by molar-refractivity contribution is 7.11. The second-order valence-corrected chi connectivity index (χ2v) is 9.01. The molecule has 0 aliphatic rings. The van der Waals surface area contributed by atoms with Crippen LogP contribution in [0.1, 0.15) is 43.7 Å². The third kappa shape index (κ3) is 4.27. The average Bonchev–Trinajstić information content (AvgIpc) is 3.11. The van der Waals surface area contributed by atoms with Crippen LogP contribution in [0.15, 0.2) is 41.8 Å². The number of thiophene rings is 1. The molecule has 160 valence electrons. The summed E-state index contributed by atoms with van der Waals surface area (Å²) in [5.41, 5.74) is 10.8. The zero-order valence-corrected chi connectivity index (χ0v) is 20.5. The highest BCUT2D eigenvalue weighted by Crippen LogP contribution is 2.42. The summed E-state index contributed by atoms with van der Waals surface area (Å²) < 4.78 is 0. The van der Waals surface area contributed by atoms with Crippen LogP contribution in [0, 0.1) is 20.8 Å². The molecule has 0 saturated carbocycles. The lowest BCUT2D eigenvalue weighted by Gasteiger charge is -2.23. The molecule has 0 N–H and O–H groups in total. The molecule has 0 spiro atoms. The Morgan fingerprint density at radius 2 is 1.10 bits per heavy atom. The molecular weight excluding hydrogens is 384 g/mol. The molecule has 0 aliphatic heterocycles. The predicted octanol–water partition coefficient (Wildman–Crippen LogP) is 7.70. The topological polar surface area (TPSA) is 6.48 Å². The summed E-state index contributed by atoms with van der Waals surface area (Å²) in [6.45, 7) is 19.8. The Morgan fingerprint density at radius 1 is 0.633 bits per heavy atom. The standard InChI is InChI=1S/C27H36N2S/c1-8-28(9-2)22-12-14-24(19(5)16-22)26-18-30-21(7)27(26)25-15-13-23(17-20(25)6)29(10-3)11-4/h12-18H,8-11H2,1-7H3. The van der Waals surface area contributed by atoms with Crippen LogP contribution in [0.5, 0.6) is 0 Å². The first-order valence-corrected chi connectivity index (χ1v) is 12.1. The summed E-state index contributed by atoms with van der Waals surface area (Å²) in [4.78, 5) is 6.21. The Kier molecular flexibility index (Phi) is 7.25. The van der Waals surface area contributed by atoms with Crippen LogP contribution < -0.4 is 9.80 Å². The van der Waals surface area contributed by atoms with Crippen molar-refractivity contribution in [1.82, 2.24) is 0 Å². The van der Waals surface area contributed by atoms with Crippen molar-refractivity contribution in [3.63, 3.8) is 0 Å². The van der Waals surface area contributed by atoms with Crippen LogP contribution in [-0.2, 0) is 0 Å². The highest BCUT2D eigenvalue weighted by Gasteiger charge is 2.17. The smallest absolute Gasteiger partial charge is 0.0369 e. The van der Waals surface area contributed by atoms with E-state index >= 15 is 0 Å². The third-order valence-corrected chi connectivity index (χ3v) is 7.12. The van der Waals surface area contributed by atoms with Crippen molar-refractivity contribution >= 4 is 22.7 Å². The van der Waals surface area contributed by atoms with E-state index in [1.54, 1.807) is 0 Å². The van der Waals surface area contributed by atoms with Gasteiger partial charge in [-0.25, -0.2) is 0 Å². The first-order chi connectivity index (χ1) is 14.4. The van der Waals surface area contributed by atoms with Crippen molar-refractivity contribution < 1.29 is 0 Å². The fraction of sp³-hybridized carbons (Fsp3) is 0.407. The Morgan fingerprint density at radius 3 is 1.53 bits per heavy atom. The Balaban J connectivity index is 2.06. The van der Waals surface area contributed by atoms with Gasteiger partial charge in [-0.2, -0.15) is 0 Å². The Labute approximate surface area is 187 Å². The lowest BCUT2D eigenvalue weighted by molar-refractivity contribution is 0.865. The summed E-state index contributed by atoms with van der Waals surface area (Å²) >= 11 is 1.86. The minimum absolute atomic E-state index is 1.04. The molecule has 0 amide bonds. The molecular formula is C27H36N2S. The normalized spacial score (nSPS) is 11.0. The van der Waals surface area contributed by atoms with E-state index < -0.39 is 0 Å². The quantitative estimate of drug-likeness (QED) is 0.368. The van der Waals surface area contributed by atoms with Crippen LogP contribution >= 0.6 is 11.3 Å². The average molecular weight is 421 g/mol. The molecule has 30 heavy (non-hydrogen) atoms. The van der Waals surface area contributed by atoms with Gasteiger partial charge in [0.05, 0.1) is 0 Å². The van der Waals surface area contributed by atoms with E-state index in [9.17, 15) is 0 Å². The number of anilines is 2. The van der Waals surface area contributed by atoms with Crippen molar-refractivity contribution in [1.29, 1.82) is 0 Å². The van der Waals surface area contributed by atoms with Gasteiger partial charge in [-0.05, 0) is 100 Å². The maximum Gasteiger partial charge on any atom is 0.0369 e. The summed E-state index contributed by atoms with van der Waals surface area (Å²) in [5, 5.41) is 2.34. The molecule has 0 saturated heterocycles. The fourth-order valence-corrected chi connectivity index (χ4v) is 5.31. The minimum Gasteiger partial charge on any atom is -0.372 e. The summed E-state index contributed by atoms with van der Waals surface area (Å²) in [6, 6.07) is 13.9. The first-order valence-electron chi connectivity index (χ1n) is 11.2. The van der Waals surface area contributed by atoms with Gasteiger partial charge >= 0.3 is 0 Å². The lowest BCUT2D eigenvalue weighted by atomic mass is 9.91. The van der Waals surface area contributed by atoms with Crippen molar-refractivity contribution in [2.75, 3.05) is 36.0 Å². The molecule has 0 aliphatic carbocycles. The zero-order chi connectivity index (χ0) is 21.8. The van der Waals surface area contributed by atoms with Crippen LogP contribution in [-0.4, -0.2) is 26.2 Å². The molecule has 3 rings (SSSR count). The maximum absolute atomic E-state index is 2.41. The fourth-order valence-electron chi connectivity index (χ4n) is 4.44. The molecule has 0 unspecified atom stereocenters. The molecule has 3 aromatic rings. The van der Waals surface area contributed by atoms with Crippen LogP contribution in [0.3, 0.4) is 0 Å². The monoisotopic (exact) mass is 420 g/mol. The predicted molar refractivity (Wildman–Crippen MR) is 137 cm³/mol. The number of hydrogen-bond donors (Lipinski definition) is 0. The minimum atomic E-state index is 1.04. The second kappa shape index (κ2) is 9.70. The van der Waals surface area contributed by atoms with E-state index in [2.05, 4.69) is 100 Å². The van der Waals surface area contributed by atoms with E-state index in [1.165, 1.54) is 49.6 Å². The number of rotatable bonds is 8. The second-order valence-electron chi connectivity index (χ2n) is 7.92. The van der Waals surface area contributed by atoms with E-state index in [0.29, 0.717) is 0 Å². The SMILES string of the molecule is CCN(CC)c1ccc(-c2csc(C)c2-c2ccc(N(CC)CC)cc2C)c(C)c1. The summed E-state index contributed by atoms with van der Waals surface area (Å²) in [7, 11) is 0. The number of hydrogen-bond acceptors (Lipinski definition) is 3. The Bertz CT molecular complexity index is 994. The first kappa shape index (κ1) is 22.4. The van der Waals surface area contributed by atoms with Gasteiger partial charge in [0.15, 0.2) is 0 Å². The van der Waals surface area contributed by atoms with Crippen LogP contribution in [0.4, 0.5) is 11.4 Å². The van der Waals surface area contributed by atoms with Crippen LogP contribution in [0.2, 0.25) is 0 Å². The molecule has 0 radical (unpaired) electrons. The molecule has 0 bridgehead atoms. The number of benzene rings is 2. The largest absolute Gasteiger partial charge is 0.372 e. The third-order valence-electron chi connectivity index (χ3n) is 6.21. The van der Waals surface area contributed by atoms with Crippen molar-refractivity contribution in [3.05, 3.63) is 57.8 Å². The van der Waals surface area contributed by atoms with Gasteiger partial charge in [-0.3, -0.25) is 0 Å². The van der Waals surface area contributed by atoms with E-state index in [4.69, 9.17) is 0 Å². The molecule has 0 atom stereocenters. The lowest BCUT2D eigenvalue weighted by Crippen LogP contribution is -2.21. The van der Waals surface area contributed by atoms with Gasteiger partial charge in [0.2, 0.25) is 0 Å². The van der Waals surface area contributed by atoms with Crippen molar-refractivity contribution in [3.8, 4) is 22.3 Å². The van der Waals surface area contributed by atoms with E-state index in [1.807, 2.05) is 11.3 Å². The molecule has 1 aromatic heterocycles. The zero-order valence-electron chi connectivity index (χ0n) is 19.7. The van der Waals surface area contributed by atoms with Crippen molar-refractivity contribution in [2.45, 2.75) is 48.5 Å². The van der Waals surface area contributed by atoms with Gasteiger partial charge in [-0.15, -0.1) is 11.3 Å². The van der Waals surface area contributed by atoms with Gasteiger partial charge in [-0.1, -0.05) is 12.1 Å². The Hall–Kier alpha value is -2.26. The summed E-state index contributed by atoms with van der Waals surface area (Å²) in [5.74, 6) is 0. The van der Waals surface area contributed by atoms with Gasteiger partial charge in [0, 0.05) is 53.6 Å². The maximum atomic E-state index is 2.41. The molecule has 2 nitrogen and oxygen atoms in total. The number of aryl methyl sites for hydroxylation is 3. The molecule has 0 fully saturated rings. The van der Waals surface area contributed by atoms with Crippen LogP contribution in [0.25, 0.3) is 22.3 Å². The summed E-state index contributed by atoms with van der Waals surface area (Å²) in [6.07, 6.45) is 0. The van der Waals surface area contributed by atoms with E-state index in [-0.39, 0.29) is 0 Å². The highest BCUT2D eigenvalue weighted by atomic mass is 32.1. The van der Waals surface area contributed by atoms with Gasteiger partial charge < -0.3 is 9.80 Å². The van der Waals surface area contributed by atoms with Crippen molar-refractivity contribution in [2.24, 2.45) is 0 Å². The molecule has 2 aromatic carbocycles.